The molecule has 1 aromatic carbocycles. The van der Waals surface area contributed by atoms with Gasteiger partial charge in [-0.15, -0.1) is 11.3 Å². The number of esters is 1. The fourth-order valence-electron chi connectivity index (χ4n) is 2.90. The first kappa shape index (κ1) is 16.4. The van der Waals surface area contributed by atoms with Crippen LogP contribution in [0.25, 0.3) is 21.3 Å². The Morgan fingerprint density at radius 2 is 2.04 bits per heavy atom. The van der Waals surface area contributed by atoms with Gasteiger partial charge < -0.3 is 4.74 Å². The summed E-state index contributed by atoms with van der Waals surface area (Å²) in [5, 5.41) is 0.563. The lowest BCUT2D eigenvalue weighted by Gasteiger charge is -2.15. The van der Waals surface area contributed by atoms with Crippen molar-refractivity contribution < 1.29 is 9.53 Å². The summed E-state index contributed by atoms with van der Waals surface area (Å²) in [5.41, 5.74) is 1.66. The Balaban J connectivity index is 2.29. The topological polar surface area (TPSA) is 61.2 Å². The van der Waals surface area contributed by atoms with Gasteiger partial charge in [-0.05, 0) is 18.9 Å². The molecule has 6 heteroatoms. The predicted octanol–water partition coefficient (Wildman–Crippen LogP) is 3.56. The van der Waals surface area contributed by atoms with Crippen LogP contribution < -0.4 is 5.56 Å². The smallest absolute Gasteiger partial charge is 0.329 e. The van der Waals surface area contributed by atoms with Crippen molar-refractivity contribution in [1.29, 1.82) is 0 Å². The Morgan fingerprint density at radius 1 is 1.33 bits per heavy atom. The van der Waals surface area contributed by atoms with Gasteiger partial charge in [0, 0.05) is 10.4 Å². The van der Waals surface area contributed by atoms with Crippen molar-refractivity contribution in [1.82, 2.24) is 9.55 Å². The van der Waals surface area contributed by atoms with Crippen molar-refractivity contribution in [2.45, 2.75) is 26.3 Å². The van der Waals surface area contributed by atoms with Crippen LogP contribution in [0.4, 0.5) is 0 Å². The number of hydrogen-bond donors (Lipinski definition) is 0. The first-order valence-electron chi connectivity index (χ1n) is 7.72. The van der Waals surface area contributed by atoms with Crippen LogP contribution in [0.1, 0.15) is 24.3 Å². The lowest BCUT2D eigenvalue weighted by atomic mass is 10.0. The molecule has 24 heavy (non-hydrogen) atoms. The van der Waals surface area contributed by atoms with Crippen LogP contribution in [-0.4, -0.2) is 22.6 Å². The molecule has 0 radical (unpaired) electrons. The molecule has 2 aromatic heterocycles. The van der Waals surface area contributed by atoms with E-state index in [9.17, 15) is 9.59 Å². The van der Waals surface area contributed by atoms with E-state index < -0.39 is 12.0 Å². The average molecular weight is 342 g/mol. The molecule has 0 N–H and O–H groups in total. The molecule has 5 nitrogen and oxygen atoms in total. The van der Waals surface area contributed by atoms with Gasteiger partial charge in [-0.3, -0.25) is 9.36 Å². The van der Waals surface area contributed by atoms with Crippen molar-refractivity contribution in [3.63, 3.8) is 0 Å². The van der Waals surface area contributed by atoms with E-state index in [4.69, 9.17) is 4.74 Å². The zero-order chi connectivity index (χ0) is 17.3. The molecule has 3 rings (SSSR count). The lowest BCUT2D eigenvalue weighted by Crippen LogP contribution is -2.30. The van der Waals surface area contributed by atoms with E-state index in [1.165, 1.54) is 29.3 Å². The number of hydrogen-bond acceptors (Lipinski definition) is 5. The molecule has 0 saturated carbocycles. The van der Waals surface area contributed by atoms with Crippen molar-refractivity contribution in [3.05, 3.63) is 51.9 Å². The summed E-state index contributed by atoms with van der Waals surface area (Å²) >= 11 is 1.49. The molecule has 1 atom stereocenters. The number of fused-ring (bicyclic) bond motifs is 1. The van der Waals surface area contributed by atoms with Gasteiger partial charge in [0.2, 0.25) is 0 Å². The van der Waals surface area contributed by atoms with Crippen molar-refractivity contribution >= 4 is 27.5 Å². The summed E-state index contributed by atoms with van der Waals surface area (Å²) in [4.78, 5) is 31.2. The van der Waals surface area contributed by atoms with E-state index >= 15 is 0 Å². The Hall–Kier alpha value is -2.47. The number of methoxy groups -OCH3 is 1. The van der Waals surface area contributed by atoms with Gasteiger partial charge >= 0.3 is 5.97 Å². The molecule has 0 unspecified atom stereocenters. The molecular weight excluding hydrogens is 324 g/mol. The number of thiophene rings is 1. The maximum Gasteiger partial charge on any atom is 0.329 e. The zero-order valence-electron chi connectivity index (χ0n) is 13.8. The van der Waals surface area contributed by atoms with E-state index in [1.54, 1.807) is 0 Å². The minimum absolute atomic E-state index is 0.208. The Morgan fingerprint density at radius 3 is 2.67 bits per heavy atom. The third kappa shape index (κ3) is 2.63. The average Bonchev–Trinajstić information content (AvgIpc) is 2.94. The van der Waals surface area contributed by atoms with Crippen molar-refractivity contribution in [2.24, 2.45) is 0 Å². The summed E-state index contributed by atoms with van der Waals surface area (Å²) in [5.74, 6) is -0.436. The lowest BCUT2D eigenvalue weighted by molar-refractivity contribution is -0.144. The van der Waals surface area contributed by atoms with Crippen LogP contribution in [0.5, 0.6) is 0 Å². The first-order valence-corrected chi connectivity index (χ1v) is 8.53. The highest BCUT2D eigenvalue weighted by Gasteiger charge is 2.24. The highest BCUT2D eigenvalue weighted by atomic mass is 32.1. The molecule has 0 aliphatic heterocycles. The van der Waals surface area contributed by atoms with Gasteiger partial charge in [-0.25, -0.2) is 9.78 Å². The second-order valence-corrected chi connectivity index (χ2v) is 6.69. The van der Waals surface area contributed by atoms with E-state index in [0.29, 0.717) is 16.6 Å². The molecular formula is C18H18N2O3S. The standard InChI is InChI=1S/C18H18N2O3S/c1-4-13(18(22)23-3)20-10-19-16-15(17(20)21)14(11(2)24-16)12-8-6-5-7-9-12/h5-10,13H,4H2,1-3H3/t13-/m0/s1. The van der Waals surface area contributed by atoms with Crippen molar-refractivity contribution in [3.8, 4) is 11.1 Å². The fourth-order valence-corrected chi connectivity index (χ4v) is 3.91. The minimum Gasteiger partial charge on any atom is -0.467 e. The van der Waals surface area contributed by atoms with E-state index in [2.05, 4.69) is 4.98 Å². The molecule has 0 aliphatic rings. The summed E-state index contributed by atoms with van der Waals surface area (Å²) in [6, 6.07) is 9.11. The highest BCUT2D eigenvalue weighted by Crippen LogP contribution is 2.35. The molecule has 0 saturated heterocycles. The third-order valence-electron chi connectivity index (χ3n) is 4.07. The third-order valence-corrected chi connectivity index (χ3v) is 5.08. The van der Waals surface area contributed by atoms with E-state index in [-0.39, 0.29) is 5.56 Å². The van der Waals surface area contributed by atoms with Crippen LogP contribution in [0, 0.1) is 6.92 Å². The van der Waals surface area contributed by atoms with E-state index in [0.717, 1.165) is 16.0 Å². The number of carbonyl (C=O) groups excluding carboxylic acids is 1. The molecule has 0 aliphatic carbocycles. The Bertz CT molecular complexity index is 944. The van der Waals surface area contributed by atoms with Gasteiger partial charge in [0.05, 0.1) is 18.8 Å². The van der Waals surface area contributed by atoms with E-state index in [1.807, 2.05) is 44.2 Å². The van der Waals surface area contributed by atoms with Crippen LogP contribution in [-0.2, 0) is 9.53 Å². The van der Waals surface area contributed by atoms with Gasteiger partial charge in [0.1, 0.15) is 10.9 Å². The molecule has 0 fully saturated rings. The summed E-state index contributed by atoms with van der Waals surface area (Å²) in [6.45, 7) is 3.82. The summed E-state index contributed by atoms with van der Waals surface area (Å²) < 4.78 is 6.20. The maximum absolute atomic E-state index is 13.1. The summed E-state index contributed by atoms with van der Waals surface area (Å²) in [7, 11) is 1.33. The molecule has 0 amide bonds. The Kier molecular flexibility index (Phi) is 4.49. The quantitative estimate of drug-likeness (QED) is 0.680. The van der Waals surface area contributed by atoms with Crippen LogP contribution in [0.3, 0.4) is 0 Å². The largest absolute Gasteiger partial charge is 0.467 e. The number of ether oxygens (including phenoxy) is 1. The SMILES string of the molecule is CC[C@@H](C(=O)OC)n1cnc2sc(C)c(-c3ccccc3)c2c1=O. The van der Waals surface area contributed by atoms with Crippen LogP contribution in [0.15, 0.2) is 41.5 Å². The predicted molar refractivity (Wildman–Crippen MR) is 95.4 cm³/mol. The number of aryl methyl sites for hydroxylation is 1. The molecule has 3 aromatic rings. The number of benzene rings is 1. The fraction of sp³-hybridized carbons (Fsp3) is 0.278. The second kappa shape index (κ2) is 6.57. The number of rotatable bonds is 4. The minimum atomic E-state index is -0.664. The number of carbonyl (C=O) groups is 1. The normalized spacial score (nSPS) is 12.3. The monoisotopic (exact) mass is 342 g/mol. The maximum atomic E-state index is 13.1. The highest BCUT2D eigenvalue weighted by molar-refractivity contribution is 7.19. The second-order valence-electron chi connectivity index (χ2n) is 5.48. The van der Waals surface area contributed by atoms with Crippen molar-refractivity contribution in [2.75, 3.05) is 7.11 Å². The number of nitrogens with zero attached hydrogens (tertiary/aromatic N) is 2. The van der Waals surface area contributed by atoms with Crippen LogP contribution >= 0.6 is 11.3 Å². The molecule has 0 spiro atoms. The van der Waals surface area contributed by atoms with Gasteiger partial charge in [0.25, 0.3) is 5.56 Å². The van der Waals surface area contributed by atoms with Gasteiger partial charge in [-0.1, -0.05) is 37.3 Å². The first-order chi connectivity index (χ1) is 11.6. The van der Waals surface area contributed by atoms with Gasteiger partial charge in [0.15, 0.2) is 0 Å². The summed E-state index contributed by atoms with van der Waals surface area (Å²) in [6.07, 6.45) is 1.91. The van der Waals surface area contributed by atoms with Gasteiger partial charge in [-0.2, -0.15) is 0 Å². The molecule has 2 heterocycles. The number of aromatic nitrogens is 2. The zero-order valence-corrected chi connectivity index (χ0v) is 14.6. The Labute approximate surface area is 143 Å². The molecule has 124 valence electrons. The molecule has 0 bridgehead atoms. The van der Waals surface area contributed by atoms with Crippen LogP contribution in [0.2, 0.25) is 0 Å².